The number of carbonyl (C=O) groups is 1. The molecule has 0 saturated carbocycles. The van der Waals surface area contributed by atoms with Crippen LogP contribution in [-0.4, -0.2) is 34.7 Å². The van der Waals surface area contributed by atoms with Crippen molar-refractivity contribution < 1.29 is 19.2 Å². The maximum Gasteiger partial charge on any atom is 0.314 e. The van der Waals surface area contributed by atoms with Crippen molar-refractivity contribution in [1.29, 1.82) is 0 Å². The number of phenols is 1. The van der Waals surface area contributed by atoms with E-state index in [0.717, 1.165) is 22.5 Å². The van der Waals surface area contributed by atoms with Crippen LogP contribution in [0.2, 0.25) is 0 Å². The van der Waals surface area contributed by atoms with Crippen molar-refractivity contribution in [3.63, 3.8) is 0 Å². The molecule has 3 rings (SSSR count). The number of hydrogen-bond donors (Lipinski definition) is 3. The van der Waals surface area contributed by atoms with Gasteiger partial charge < -0.3 is 9.84 Å². The van der Waals surface area contributed by atoms with Crippen LogP contribution in [0, 0.1) is 0 Å². The molecule has 0 aliphatic carbocycles. The molecule has 0 spiro atoms. The van der Waals surface area contributed by atoms with E-state index in [1.54, 1.807) is 24.0 Å². The summed E-state index contributed by atoms with van der Waals surface area (Å²) in [6.45, 7) is 4.02. The van der Waals surface area contributed by atoms with E-state index in [-0.39, 0.29) is 18.1 Å². The number of methoxy groups -OCH3 is 1. The molecule has 1 heterocycles. The molecule has 1 amide bonds. The maximum absolute atomic E-state index is 11.9. The van der Waals surface area contributed by atoms with E-state index in [1.165, 1.54) is 0 Å². The summed E-state index contributed by atoms with van der Waals surface area (Å²) >= 11 is 0. The van der Waals surface area contributed by atoms with Gasteiger partial charge >= 0.3 is 5.84 Å². The zero-order valence-electron chi connectivity index (χ0n) is 16.8. The number of aromatic hydroxyl groups is 1. The van der Waals surface area contributed by atoms with Crippen LogP contribution in [0.5, 0.6) is 11.5 Å². The molecule has 0 aromatic heterocycles. The van der Waals surface area contributed by atoms with E-state index in [4.69, 9.17) is 10.6 Å². The lowest BCUT2D eigenvalue weighted by Crippen LogP contribution is -2.33. The second-order valence-electron chi connectivity index (χ2n) is 6.97. The molecule has 2 aromatic rings. The van der Waals surface area contributed by atoms with Gasteiger partial charge in [-0.2, -0.15) is 4.58 Å². The highest BCUT2D eigenvalue weighted by molar-refractivity contribution is 6.02. The predicted octanol–water partition coefficient (Wildman–Crippen LogP) is 3.10. The monoisotopic (exact) mass is 393 g/mol. The molecule has 1 aliphatic heterocycles. The number of fused-ring (bicyclic) bond motifs is 1. The Hall–Kier alpha value is -3.45. The first-order chi connectivity index (χ1) is 13.9. The topological polar surface area (TPSA) is 100.0 Å². The number of nitrogens with one attached hydrogen (secondary N) is 1. The fourth-order valence-electron chi connectivity index (χ4n) is 3.07. The first-order valence-electron chi connectivity index (χ1n) is 9.26. The number of amides is 1. The molecule has 7 heteroatoms. The van der Waals surface area contributed by atoms with Gasteiger partial charge in [-0.1, -0.05) is 23.8 Å². The fraction of sp³-hybridized carbons (Fsp3) is 0.227. The number of hydrogen-bond acceptors (Lipinski definition) is 5. The summed E-state index contributed by atoms with van der Waals surface area (Å²) in [6.07, 6.45) is 4.40. The van der Waals surface area contributed by atoms with Gasteiger partial charge in [0.05, 0.1) is 12.7 Å². The molecule has 29 heavy (non-hydrogen) atoms. The molecule has 0 atom stereocenters. The average molecular weight is 393 g/mol. The predicted molar refractivity (Wildman–Crippen MR) is 113 cm³/mol. The lowest BCUT2D eigenvalue weighted by Gasteiger charge is -2.10. The van der Waals surface area contributed by atoms with E-state index in [1.807, 2.05) is 50.3 Å². The van der Waals surface area contributed by atoms with Crippen LogP contribution in [0.15, 0.2) is 53.0 Å². The van der Waals surface area contributed by atoms with Crippen LogP contribution < -0.4 is 16.0 Å². The molecule has 0 radical (unpaired) electrons. The third kappa shape index (κ3) is 4.52. The Morgan fingerprint density at radius 1 is 1.31 bits per heavy atom. The number of para-hydroxylation sites is 2. The summed E-state index contributed by atoms with van der Waals surface area (Å²) in [7, 11) is 1.59. The highest BCUT2D eigenvalue weighted by Crippen LogP contribution is 2.35. The minimum Gasteiger partial charge on any atom is -0.507 e. The van der Waals surface area contributed by atoms with Crippen molar-refractivity contribution in [2.45, 2.75) is 26.7 Å². The summed E-state index contributed by atoms with van der Waals surface area (Å²) in [5.74, 6) is 6.21. The Kier molecular flexibility index (Phi) is 6.09. The minimum absolute atomic E-state index is 0.0109. The van der Waals surface area contributed by atoms with Gasteiger partial charge in [-0.15, -0.1) is 0 Å². The Balaban J connectivity index is 2.11. The number of rotatable bonds is 6. The molecule has 150 valence electrons. The summed E-state index contributed by atoms with van der Waals surface area (Å²) in [6, 6.07) is 11.1. The normalized spacial score (nSPS) is 13.7. The van der Waals surface area contributed by atoms with Crippen LogP contribution in [-0.2, 0) is 11.2 Å². The number of nitrogens with zero attached hydrogens (tertiary/aromatic N) is 2. The third-order valence-corrected chi connectivity index (χ3v) is 4.57. The van der Waals surface area contributed by atoms with Gasteiger partial charge in [-0.05, 0) is 49.5 Å². The van der Waals surface area contributed by atoms with Crippen molar-refractivity contribution >= 4 is 29.3 Å². The van der Waals surface area contributed by atoms with E-state index in [2.05, 4.69) is 10.4 Å². The molecule has 2 aromatic carbocycles. The Morgan fingerprint density at radius 3 is 2.76 bits per heavy atom. The lowest BCUT2D eigenvalue weighted by atomic mass is 10.0. The van der Waals surface area contributed by atoms with Gasteiger partial charge in [0.25, 0.3) is 0 Å². The largest absolute Gasteiger partial charge is 0.507 e. The number of carbonyl (C=O) groups excluding carboxylic acids is 1. The molecule has 4 N–H and O–H groups in total. The molecular formula is C22H25N4O3+. The van der Waals surface area contributed by atoms with Crippen molar-refractivity contribution in [3.8, 4) is 11.5 Å². The number of aliphatic imine (C=N–C) groups is 1. The molecule has 0 bridgehead atoms. The standard InChI is InChI=1S/C22H24N4O3/c1-14(2)8-9-15-10-17(29-3)11-16(22(15)28)13-26-19-7-5-4-6-18(19)24-20(26)12-21(27)25-23/h4-8,10-11,13H,9,12,23H2,1-3H3,(H,25,27)/p+1. The quantitative estimate of drug-likeness (QED) is 0.231. The Labute approximate surface area is 169 Å². The average Bonchev–Trinajstić information content (AvgIpc) is 3.05. The smallest absolute Gasteiger partial charge is 0.314 e. The number of benzene rings is 2. The minimum atomic E-state index is -0.353. The van der Waals surface area contributed by atoms with E-state index in [0.29, 0.717) is 23.6 Å². The Bertz CT molecular complexity index is 1030. The van der Waals surface area contributed by atoms with E-state index >= 15 is 0 Å². The molecule has 0 fully saturated rings. The zero-order valence-corrected chi connectivity index (χ0v) is 16.8. The van der Waals surface area contributed by atoms with Crippen LogP contribution in [0.3, 0.4) is 0 Å². The van der Waals surface area contributed by atoms with Crippen LogP contribution in [0.25, 0.3) is 0 Å². The Morgan fingerprint density at radius 2 is 2.07 bits per heavy atom. The van der Waals surface area contributed by atoms with Crippen molar-refractivity contribution in [1.82, 2.24) is 5.43 Å². The van der Waals surface area contributed by atoms with Gasteiger partial charge in [-0.25, -0.2) is 5.84 Å². The first-order valence-corrected chi connectivity index (χ1v) is 9.26. The van der Waals surface area contributed by atoms with Gasteiger partial charge in [0.1, 0.15) is 24.1 Å². The second-order valence-corrected chi connectivity index (χ2v) is 6.97. The lowest BCUT2D eigenvalue weighted by molar-refractivity contribution is -0.296. The summed E-state index contributed by atoms with van der Waals surface area (Å²) in [4.78, 5) is 16.4. The van der Waals surface area contributed by atoms with Gasteiger partial charge in [0, 0.05) is 5.56 Å². The fourth-order valence-corrected chi connectivity index (χ4v) is 3.07. The number of amidine groups is 1. The van der Waals surface area contributed by atoms with Crippen LogP contribution in [0.1, 0.15) is 31.4 Å². The number of nitrogens with two attached hydrogens (primary N) is 1. The SMILES string of the molecule is COc1cc(C=[N+]2C(CC(=O)NN)=Nc3ccccc32)c(O)c(CC=C(C)C)c1. The number of phenolic OH excluding ortho intramolecular Hbond substituents is 1. The zero-order chi connectivity index (χ0) is 21.0. The summed E-state index contributed by atoms with van der Waals surface area (Å²) < 4.78 is 7.21. The van der Waals surface area contributed by atoms with Crippen molar-refractivity contribution in [3.05, 3.63) is 59.2 Å². The second kappa shape index (κ2) is 8.70. The molecule has 7 nitrogen and oxygen atoms in total. The number of ether oxygens (including phenoxy) is 1. The van der Waals surface area contributed by atoms with Gasteiger partial charge in [0.2, 0.25) is 11.6 Å². The van der Waals surface area contributed by atoms with Crippen molar-refractivity contribution in [2.24, 2.45) is 10.8 Å². The van der Waals surface area contributed by atoms with Crippen molar-refractivity contribution in [2.75, 3.05) is 7.11 Å². The van der Waals surface area contributed by atoms with Crippen LogP contribution >= 0.6 is 0 Å². The molecular weight excluding hydrogens is 368 g/mol. The van der Waals surface area contributed by atoms with E-state index in [9.17, 15) is 9.90 Å². The number of hydrazine groups is 1. The molecule has 0 saturated heterocycles. The molecule has 1 aliphatic rings. The van der Waals surface area contributed by atoms with Gasteiger partial charge in [-0.3, -0.25) is 10.2 Å². The van der Waals surface area contributed by atoms with Crippen LogP contribution in [0.4, 0.5) is 11.4 Å². The summed E-state index contributed by atoms with van der Waals surface area (Å²) in [5.41, 5.74) is 6.18. The highest BCUT2D eigenvalue weighted by Gasteiger charge is 2.31. The van der Waals surface area contributed by atoms with Gasteiger partial charge in [0.15, 0.2) is 5.69 Å². The number of allylic oxidation sites excluding steroid dienone is 2. The maximum atomic E-state index is 11.9. The highest BCUT2D eigenvalue weighted by atomic mass is 16.5. The first kappa shape index (κ1) is 20.3. The summed E-state index contributed by atoms with van der Waals surface area (Å²) in [5, 5.41) is 10.9. The van der Waals surface area contributed by atoms with E-state index < -0.39 is 0 Å². The molecule has 0 unspecified atom stereocenters. The third-order valence-electron chi connectivity index (χ3n) is 4.57.